The van der Waals surface area contributed by atoms with Gasteiger partial charge in [-0.05, 0) is 12.5 Å². The normalized spacial score (nSPS) is 32.0. The van der Waals surface area contributed by atoms with Crippen molar-refractivity contribution in [1.29, 1.82) is 0 Å². The fourth-order valence-corrected chi connectivity index (χ4v) is 3.73. The van der Waals surface area contributed by atoms with E-state index in [0.29, 0.717) is 6.42 Å². The van der Waals surface area contributed by atoms with Gasteiger partial charge in [-0.3, -0.25) is 4.79 Å². The summed E-state index contributed by atoms with van der Waals surface area (Å²) in [5.74, 6) is -1.67. The molecule has 2 heterocycles. The highest BCUT2D eigenvalue weighted by Crippen LogP contribution is 2.46. The second kappa shape index (κ2) is 6.67. The van der Waals surface area contributed by atoms with Gasteiger partial charge in [0.1, 0.15) is 6.10 Å². The summed E-state index contributed by atoms with van der Waals surface area (Å²) >= 11 is 1.34. The molecule has 21 heavy (non-hydrogen) atoms. The molecule has 1 fully saturated rings. The number of hydrogen-bond donors (Lipinski definition) is 4. The molecule has 0 aromatic rings. The number of carboxylic acid groups (broad SMARTS) is 1. The number of hydrogen-bond acceptors (Lipinski definition) is 6. The molecular formula is C13H19NO6S. The number of thioether (sulfide) groups is 1. The number of aliphatic hydroxyl groups is 2. The summed E-state index contributed by atoms with van der Waals surface area (Å²) in [5.41, 5.74) is 0. The Balaban J connectivity index is 1.88. The van der Waals surface area contributed by atoms with Gasteiger partial charge in [0.25, 0.3) is 0 Å². The number of carbonyl (C=O) groups is 2. The topological polar surface area (TPSA) is 116 Å². The predicted molar refractivity (Wildman–Crippen MR) is 75.7 cm³/mol. The molecule has 0 aliphatic carbocycles. The standard InChI is InChI=1S/C13H19NO6S/c1-2-3-9(17)14-5-7(16)12-10-11(21-12)6(15)4-8(20-10)13(18)19/h4,6-7,10-12,15-16H,2-3,5H2,1H3,(H,14,17)(H,18,19). The molecule has 5 unspecified atom stereocenters. The average molecular weight is 317 g/mol. The number of aliphatic hydroxyl groups excluding tert-OH is 2. The van der Waals surface area contributed by atoms with Crippen molar-refractivity contribution in [1.82, 2.24) is 5.32 Å². The van der Waals surface area contributed by atoms with Crippen LogP contribution in [0.15, 0.2) is 11.8 Å². The van der Waals surface area contributed by atoms with E-state index in [1.807, 2.05) is 6.92 Å². The largest absolute Gasteiger partial charge is 0.481 e. The van der Waals surface area contributed by atoms with E-state index in [9.17, 15) is 19.8 Å². The Kier molecular flexibility index (Phi) is 5.13. The molecule has 0 aromatic carbocycles. The molecule has 4 N–H and O–H groups in total. The van der Waals surface area contributed by atoms with Crippen molar-refractivity contribution in [2.45, 2.75) is 48.6 Å². The van der Waals surface area contributed by atoms with Crippen LogP contribution in [0, 0.1) is 0 Å². The number of amides is 1. The zero-order valence-corrected chi connectivity index (χ0v) is 12.4. The van der Waals surface area contributed by atoms with Crippen LogP contribution in [0.25, 0.3) is 0 Å². The van der Waals surface area contributed by atoms with Crippen LogP contribution < -0.4 is 5.32 Å². The van der Waals surface area contributed by atoms with E-state index >= 15 is 0 Å². The van der Waals surface area contributed by atoms with Gasteiger partial charge in [-0.1, -0.05) is 6.92 Å². The molecule has 5 atom stereocenters. The maximum absolute atomic E-state index is 11.4. The van der Waals surface area contributed by atoms with Crippen molar-refractivity contribution >= 4 is 23.6 Å². The maximum Gasteiger partial charge on any atom is 0.370 e. The molecule has 7 nitrogen and oxygen atoms in total. The van der Waals surface area contributed by atoms with E-state index in [1.165, 1.54) is 17.8 Å². The first-order chi connectivity index (χ1) is 9.93. The van der Waals surface area contributed by atoms with Crippen molar-refractivity contribution in [3.63, 3.8) is 0 Å². The molecule has 0 radical (unpaired) electrons. The summed E-state index contributed by atoms with van der Waals surface area (Å²) in [7, 11) is 0. The Hall–Kier alpha value is -1.25. The summed E-state index contributed by atoms with van der Waals surface area (Å²) in [4.78, 5) is 22.3. The minimum Gasteiger partial charge on any atom is -0.481 e. The van der Waals surface area contributed by atoms with E-state index in [2.05, 4.69) is 5.32 Å². The summed E-state index contributed by atoms with van der Waals surface area (Å²) in [6.07, 6.45) is -0.0123. The molecule has 2 aliphatic rings. The molecule has 2 aliphatic heterocycles. The van der Waals surface area contributed by atoms with Crippen LogP contribution in [0.3, 0.4) is 0 Å². The first kappa shape index (κ1) is 16.1. The highest BCUT2D eigenvalue weighted by molar-refractivity contribution is 8.02. The van der Waals surface area contributed by atoms with Gasteiger partial charge < -0.3 is 25.4 Å². The Morgan fingerprint density at radius 3 is 2.86 bits per heavy atom. The zero-order chi connectivity index (χ0) is 15.6. The van der Waals surface area contributed by atoms with Crippen molar-refractivity contribution < 1.29 is 29.6 Å². The quantitative estimate of drug-likeness (QED) is 0.521. The average Bonchev–Trinajstić information content (AvgIpc) is 2.39. The van der Waals surface area contributed by atoms with Crippen molar-refractivity contribution in [2.24, 2.45) is 0 Å². The van der Waals surface area contributed by atoms with E-state index in [0.717, 1.165) is 6.42 Å². The third-order valence-electron chi connectivity index (χ3n) is 3.46. The lowest BCUT2D eigenvalue weighted by Gasteiger charge is -2.49. The van der Waals surface area contributed by atoms with E-state index < -0.39 is 24.3 Å². The Bertz CT molecular complexity index is 454. The predicted octanol–water partition coefficient (Wildman–Crippen LogP) is -0.524. The van der Waals surface area contributed by atoms with Crippen LogP contribution in [0.2, 0.25) is 0 Å². The second-order valence-electron chi connectivity index (χ2n) is 5.10. The molecule has 2 rings (SSSR count). The fourth-order valence-electron chi connectivity index (χ4n) is 2.36. The lowest BCUT2D eigenvalue weighted by atomic mass is 9.99. The molecule has 0 saturated carbocycles. The summed E-state index contributed by atoms with van der Waals surface area (Å²) in [6.45, 7) is 1.98. The van der Waals surface area contributed by atoms with Gasteiger partial charge in [0.05, 0.1) is 22.7 Å². The Morgan fingerprint density at radius 2 is 2.24 bits per heavy atom. The molecule has 1 saturated heterocycles. The molecule has 0 aromatic heterocycles. The van der Waals surface area contributed by atoms with Gasteiger partial charge in [-0.2, -0.15) is 0 Å². The van der Waals surface area contributed by atoms with Gasteiger partial charge in [0, 0.05) is 13.0 Å². The van der Waals surface area contributed by atoms with Crippen LogP contribution in [0.1, 0.15) is 19.8 Å². The smallest absolute Gasteiger partial charge is 0.370 e. The zero-order valence-electron chi connectivity index (χ0n) is 11.6. The van der Waals surface area contributed by atoms with E-state index in [-0.39, 0.29) is 28.7 Å². The molecule has 0 bridgehead atoms. The lowest BCUT2D eigenvalue weighted by Crippen LogP contribution is -2.60. The van der Waals surface area contributed by atoms with Crippen LogP contribution in [0.5, 0.6) is 0 Å². The van der Waals surface area contributed by atoms with Crippen LogP contribution in [0.4, 0.5) is 0 Å². The Morgan fingerprint density at radius 1 is 1.52 bits per heavy atom. The molecule has 118 valence electrons. The van der Waals surface area contributed by atoms with Crippen molar-refractivity contribution in [3.05, 3.63) is 11.8 Å². The van der Waals surface area contributed by atoms with Crippen LogP contribution in [-0.4, -0.2) is 62.6 Å². The highest BCUT2D eigenvalue weighted by atomic mass is 32.2. The van der Waals surface area contributed by atoms with E-state index in [4.69, 9.17) is 9.84 Å². The second-order valence-corrected chi connectivity index (χ2v) is 6.46. The number of ether oxygens (including phenoxy) is 1. The van der Waals surface area contributed by atoms with Gasteiger partial charge in [-0.15, -0.1) is 11.8 Å². The van der Waals surface area contributed by atoms with Crippen molar-refractivity contribution in [2.75, 3.05) is 6.54 Å². The van der Waals surface area contributed by atoms with Crippen LogP contribution in [-0.2, 0) is 14.3 Å². The lowest BCUT2D eigenvalue weighted by molar-refractivity contribution is -0.139. The SMILES string of the molecule is CCCC(=O)NCC(O)C1SC2C(O)C=C(C(=O)O)OC21. The minimum atomic E-state index is -1.24. The van der Waals surface area contributed by atoms with Gasteiger partial charge in [-0.25, -0.2) is 4.79 Å². The molecule has 1 amide bonds. The molecule has 8 heteroatoms. The molecule has 0 spiro atoms. The number of carboxylic acids is 1. The third-order valence-corrected chi connectivity index (χ3v) is 5.22. The minimum absolute atomic E-state index is 0.0886. The summed E-state index contributed by atoms with van der Waals surface area (Å²) in [5, 5.41) is 30.8. The van der Waals surface area contributed by atoms with Gasteiger partial charge in [0.15, 0.2) is 0 Å². The first-order valence-electron chi connectivity index (χ1n) is 6.84. The van der Waals surface area contributed by atoms with Crippen LogP contribution >= 0.6 is 11.8 Å². The van der Waals surface area contributed by atoms with E-state index in [1.54, 1.807) is 0 Å². The number of carbonyl (C=O) groups excluding carboxylic acids is 1. The Labute approximate surface area is 126 Å². The third kappa shape index (κ3) is 3.50. The fraction of sp³-hybridized carbons (Fsp3) is 0.692. The highest BCUT2D eigenvalue weighted by Gasteiger charge is 2.53. The van der Waals surface area contributed by atoms with Crippen molar-refractivity contribution in [3.8, 4) is 0 Å². The van der Waals surface area contributed by atoms with Gasteiger partial charge >= 0.3 is 5.97 Å². The maximum atomic E-state index is 11.4. The monoisotopic (exact) mass is 317 g/mol. The summed E-state index contributed by atoms with van der Waals surface area (Å²) < 4.78 is 5.31. The number of nitrogens with one attached hydrogen (secondary N) is 1. The van der Waals surface area contributed by atoms with Gasteiger partial charge in [0.2, 0.25) is 11.7 Å². The molecular weight excluding hydrogens is 298 g/mol. The number of rotatable bonds is 6. The number of aliphatic carboxylic acids is 1. The first-order valence-corrected chi connectivity index (χ1v) is 7.78. The number of fused-ring (bicyclic) bond motifs is 1. The summed E-state index contributed by atoms with van der Waals surface area (Å²) in [6, 6.07) is 0.